The van der Waals surface area contributed by atoms with Crippen molar-refractivity contribution >= 4 is 24.2 Å². The van der Waals surface area contributed by atoms with Gasteiger partial charge in [-0.05, 0) is 54.9 Å². The molecule has 3 heteroatoms. The fourth-order valence-corrected chi connectivity index (χ4v) is 7.27. The summed E-state index contributed by atoms with van der Waals surface area (Å²) in [7, 11) is 0. The van der Waals surface area contributed by atoms with Gasteiger partial charge in [0.15, 0.2) is 5.78 Å². The van der Waals surface area contributed by atoms with Gasteiger partial charge in [0.2, 0.25) is 0 Å². The number of rotatable bonds is 0. The first kappa shape index (κ1) is 14.5. The molecule has 0 spiro atoms. The van der Waals surface area contributed by atoms with E-state index in [2.05, 4.69) is 38.6 Å². The molecule has 2 nitrogen and oxygen atoms in total. The molecule has 0 heterocycles. The highest BCUT2D eigenvalue weighted by Crippen LogP contribution is 2.70. The van der Waals surface area contributed by atoms with Gasteiger partial charge >= 0.3 is 0 Å². The average molecular weight is 328 g/mol. The number of carbonyl (C=O) groups is 2. The Morgan fingerprint density at radius 2 is 1.91 bits per heavy atom. The highest BCUT2D eigenvalue weighted by molar-refractivity contribution is 7.85. The smallest absolute Gasteiger partial charge is 0.172 e. The molecule has 0 aromatic heterocycles. The summed E-state index contributed by atoms with van der Waals surface area (Å²) in [4.78, 5) is 25.6. The third-order valence-corrected chi connectivity index (χ3v) is 8.72. The lowest BCUT2D eigenvalue weighted by molar-refractivity contribution is -0.130. The highest BCUT2D eigenvalue weighted by atomic mass is 32.1. The van der Waals surface area contributed by atoms with Crippen molar-refractivity contribution in [1.82, 2.24) is 0 Å². The monoisotopic (exact) mass is 328 g/mol. The van der Waals surface area contributed by atoms with Crippen LogP contribution < -0.4 is 0 Å². The van der Waals surface area contributed by atoms with E-state index >= 15 is 0 Å². The summed E-state index contributed by atoms with van der Waals surface area (Å²) in [6, 6.07) is 0. The van der Waals surface area contributed by atoms with Crippen molar-refractivity contribution in [2.75, 3.05) is 0 Å². The van der Waals surface area contributed by atoms with Crippen LogP contribution in [0.15, 0.2) is 22.6 Å². The Balaban J connectivity index is 1.64. The molecule has 23 heavy (non-hydrogen) atoms. The summed E-state index contributed by atoms with van der Waals surface area (Å²) < 4.78 is 0. The fraction of sp³-hybridized carbons (Fsp3) is 0.700. The molecule has 0 aliphatic heterocycles. The Kier molecular flexibility index (Phi) is 2.66. The molecule has 3 fully saturated rings. The number of Topliss-reactive ketones (excluding diaryl/α,β-unsaturated/α-hetero) is 2. The fourth-order valence-electron chi connectivity index (χ4n) is 6.79. The Morgan fingerprint density at radius 1 is 1.13 bits per heavy atom. The second-order valence-corrected chi connectivity index (χ2v) is 9.37. The van der Waals surface area contributed by atoms with Crippen LogP contribution in [-0.2, 0) is 9.59 Å². The summed E-state index contributed by atoms with van der Waals surface area (Å²) in [5, 5.41) is 0. The topological polar surface area (TPSA) is 34.1 Å². The molecule has 0 saturated heterocycles. The van der Waals surface area contributed by atoms with Gasteiger partial charge < -0.3 is 0 Å². The van der Waals surface area contributed by atoms with Gasteiger partial charge in [-0.2, -0.15) is 0 Å². The summed E-state index contributed by atoms with van der Waals surface area (Å²) in [6.45, 7) is 4.59. The van der Waals surface area contributed by atoms with Gasteiger partial charge in [0.05, 0.1) is 4.91 Å². The second-order valence-electron chi connectivity index (χ2n) is 8.93. The molecular weight excluding hydrogens is 304 g/mol. The zero-order chi connectivity index (χ0) is 16.1. The van der Waals surface area contributed by atoms with E-state index < -0.39 is 0 Å². The van der Waals surface area contributed by atoms with Gasteiger partial charge in [-0.15, -0.1) is 12.6 Å². The summed E-state index contributed by atoms with van der Waals surface area (Å²) in [6.07, 6.45) is 9.53. The number of carbonyl (C=O) groups excluding carboxylic acids is 2. The second kappa shape index (κ2) is 4.22. The van der Waals surface area contributed by atoms with Crippen molar-refractivity contribution in [3.8, 4) is 0 Å². The van der Waals surface area contributed by atoms with Crippen LogP contribution in [0.2, 0.25) is 0 Å². The minimum Gasteiger partial charge on any atom is -0.299 e. The van der Waals surface area contributed by atoms with E-state index in [1.807, 2.05) is 0 Å². The molecule has 5 aliphatic carbocycles. The molecule has 0 amide bonds. The molecular formula is C20H24O2S. The minimum absolute atomic E-state index is 0.0969. The molecule has 1 unspecified atom stereocenters. The van der Waals surface area contributed by atoms with Gasteiger partial charge in [0.1, 0.15) is 5.78 Å². The number of fused-ring (bicyclic) bond motifs is 7. The zero-order valence-corrected chi connectivity index (χ0v) is 14.7. The van der Waals surface area contributed by atoms with E-state index in [0.29, 0.717) is 29.5 Å². The minimum atomic E-state index is -0.0969. The molecule has 7 atom stereocenters. The summed E-state index contributed by atoms with van der Waals surface area (Å²) in [5.41, 5.74) is 1.20. The third-order valence-electron chi connectivity index (χ3n) is 8.26. The summed E-state index contributed by atoms with van der Waals surface area (Å²) >= 11 is 4.61. The predicted octanol–water partition coefficient (Wildman–Crippen LogP) is 3.98. The van der Waals surface area contributed by atoms with Crippen molar-refractivity contribution in [1.29, 1.82) is 0 Å². The zero-order valence-electron chi connectivity index (χ0n) is 13.8. The molecule has 0 radical (unpaired) electrons. The Labute approximate surface area is 143 Å². The molecule has 0 aromatic rings. The SMILES string of the molecule is C[C@]12CC[C@H]3[C@@H](C=CC4=C(S)C(=O)[C@H]5CC5[C@@]43C)[C@@H]1CCC2=O. The van der Waals surface area contributed by atoms with Crippen molar-refractivity contribution < 1.29 is 9.59 Å². The van der Waals surface area contributed by atoms with E-state index in [-0.39, 0.29) is 22.5 Å². The van der Waals surface area contributed by atoms with Crippen molar-refractivity contribution in [3.05, 3.63) is 22.6 Å². The molecule has 5 aliphatic rings. The first-order valence-electron chi connectivity index (χ1n) is 9.08. The van der Waals surface area contributed by atoms with Crippen LogP contribution in [0.3, 0.4) is 0 Å². The predicted molar refractivity (Wildman–Crippen MR) is 91.9 cm³/mol. The first-order valence-corrected chi connectivity index (χ1v) is 9.53. The van der Waals surface area contributed by atoms with Gasteiger partial charge in [-0.1, -0.05) is 26.0 Å². The summed E-state index contributed by atoms with van der Waals surface area (Å²) in [5.74, 6) is 3.08. The van der Waals surface area contributed by atoms with E-state index in [0.717, 1.165) is 37.0 Å². The van der Waals surface area contributed by atoms with Crippen LogP contribution in [0.25, 0.3) is 0 Å². The number of hydrogen-bond acceptors (Lipinski definition) is 3. The molecule has 5 rings (SSSR count). The van der Waals surface area contributed by atoms with Crippen molar-refractivity contribution in [2.45, 2.75) is 46.0 Å². The van der Waals surface area contributed by atoms with Gasteiger partial charge in [0.25, 0.3) is 0 Å². The lowest BCUT2D eigenvalue weighted by Gasteiger charge is -2.55. The normalized spacial score (nSPS) is 53.6. The van der Waals surface area contributed by atoms with Gasteiger partial charge in [-0.3, -0.25) is 9.59 Å². The van der Waals surface area contributed by atoms with Crippen molar-refractivity contribution in [3.63, 3.8) is 0 Å². The maximum atomic E-state index is 12.4. The number of ketones is 2. The van der Waals surface area contributed by atoms with Gasteiger partial charge in [-0.25, -0.2) is 0 Å². The standard InChI is InChI=1S/C20H24O2S/c1-19-8-7-13-10(12(19)5-6-16(19)21)3-4-14-18(23)17(22)11-9-15(11)20(13,14)2/h3-4,10-13,15,23H,5-9H2,1-2H3/t10-,11-,12-,13-,15?,19-,20+/m0/s1. The molecule has 122 valence electrons. The Hall–Kier alpha value is -0.830. The van der Waals surface area contributed by atoms with E-state index in [1.165, 1.54) is 5.57 Å². The van der Waals surface area contributed by atoms with Crippen LogP contribution in [0.5, 0.6) is 0 Å². The molecule has 3 saturated carbocycles. The van der Waals surface area contributed by atoms with E-state index in [4.69, 9.17) is 0 Å². The van der Waals surface area contributed by atoms with Crippen LogP contribution in [0.4, 0.5) is 0 Å². The van der Waals surface area contributed by atoms with Crippen LogP contribution >= 0.6 is 12.6 Å². The highest BCUT2D eigenvalue weighted by Gasteiger charge is 2.66. The van der Waals surface area contributed by atoms with Crippen LogP contribution in [0, 0.1) is 40.4 Å². The number of hydrogen-bond donors (Lipinski definition) is 1. The number of allylic oxidation sites excluding steroid dienone is 4. The molecule has 0 bridgehead atoms. The Morgan fingerprint density at radius 3 is 2.70 bits per heavy atom. The third kappa shape index (κ3) is 1.54. The maximum absolute atomic E-state index is 12.4. The number of thiol groups is 1. The molecule has 0 N–H and O–H groups in total. The average Bonchev–Trinajstić information content (AvgIpc) is 3.27. The van der Waals surface area contributed by atoms with E-state index in [1.54, 1.807) is 0 Å². The lowest BCUT2D eigenvalue weighted by Crippen LogP contribution is -2.50. The van der Waals surface area contributed by atoms with Crippen LogP contribution in [-0.4, -0.2) is 11.6 Å². The first-order chi connectivity index (χ1) is 10.9. The van der Waals surface area contributed by atoms with Crippen molar-refractivity contribution in [2.24, 2.45) is 40.4 Å². The van der Waals surface area contributed by atoms with E-state index in [9.17, 15) is 9.59 Å². The van der Waals surface area contributed by atoms with Crippen LogP contribution in [0.1, 0.15) is 46.0 Å². The van der Waals surface area contributed by atoms with Gasteiger partial charge in [0, 0.05) is 23.2 Å². The maximum Gasteiger partial charge on any atom is 0.172 e. The lowest BCUT2D eigenvalue weighted by atomic mass is 9.49. The Bertz CT molecular complexity index is 704. The molecule has 0 aromatic carbocycles. The largest absolute Gasteiger partial charge is 0.299 e. The quantitative estimate of drug-likeness (QED) is 0.683.